The van der Waals surface area contributed by atoms with E-state index in [1.807, 2.05) is 0 Å². The van der Waals surface area contributed by atoms with Gasteiger partial charge in [-0.05, 0) is 31.6 Å². The van der Waals surface area contributed by atoms with E-state index in [-0.39, 0.29) is 18.9 Å². The lowest BCUT2D eigenvalue weighted by molar-refractivity contribution is -0.0955. The monoisotopic (exact) mass is 203 g/mol. The first-order valence-corrected chi connectivity index (χ1v) is 5.69. The minimum Gasteiger partial charge on any atom is -0.311 e. The van der Waals surface area contributed by atoms with Gasteiger partial charge in [0.25, 0.3) is 5.92 Å². The van der Waals surface area contributed by atoms with Gasteiger partial charge in [0.05, 0.1) is 0 Å². The molecule has 0 heterocycles. The maximum atomic E-state index is 12.6. The van der Waals surface area contributed by atoms with Crippen molar-refractivity contribution in [2.24, 2.45) is 5.92 Å². The first-order chi connectivity index (χ1) is 6.55. The molecule has 0 aromatic rings. The zero-order valence-corrected chi connectivity index (χ0v) is 8.73. The highest BCUT2D eigenvalue weighted by Gasteiger charge is 2.45. The molecule has 0 aromatic carbocycles. The van der Waals surface area contributed by atoms with E-state index < -0.39 is 5.92 Å². The van der Waals surface area contributed by atoms with Crippen molar-refractivity contribution in [2.45, 2.75) is 63.5 Å². The molecule has 2 fully saturated rings. The Hall–Kier alpha value is -0.180. The summed E-state index contributed by atoms with van der Waals surface area (Å²) in [4.78, 5) is 0. The fraction of sp³-hybridized carbons (Fsp3) is 1.00. The second kappa shape index (κ2) is 3.76. The van der Waals surface area contributed by atoms with Gasteiger partial charge in [0, 0.05) is 24.9 Å². The van der Waals surface area contributed by atoms with Crippen molar-refractivity contribution >= 4 is 0 Å². The topological polar surface area (TPSA) is 12.0 Å². The normalized spacial score (nSPS) is 37.9. The number of hydrogen-bond acceptors (Lipinski definition) is 1. The predicted octanol–water partition coefficient (Wildman–Crippen LogP) is 2.95. The van der Waals surface area contributed by atoms with E-state index >= 15 is 0 Å². The van der Waals surface area contributed by atoms with E-state index in [9.17, 15) is 8.78 Å². The van der Waals surface area contributed by atoms with E-state index in [2.05, 4.69) is 12.2 Å². The van der Waals surface area contributed by atoms with Crippen molar-refractivity contribution < 1.29 is 8.78 Å². The Morgan fingerprint density at radius 2 is 1.57 bits per heavy atom. The molecule has 2 saturated carbocycles. The maximum Gasteiger partial charge on any atom is 0.251 e. The number of alkyl halides is 2. The van der Waals surface area contributed by atoms with E-state index in [1.54, 1.807) is 0 Å². The third kappa shape index (κ3) is 2.44. The Morgan fingerprint density at radius 1 is 1.00 bits per heavy atom. The molecule has 0 aliphatic heterocycles. The van der Waals surface area contributed by atoms with Crippen LogP contribution >= 0.6 is 0 Å². The molecule has 0 radical (unpaired) electrons. The van der Waals surface area contributed by atoms with Crippen molar-refractivity contribution in [3.63, 3.8) is 0 Å². The van der Waals surface area contributed by atoms with Crippen LogP contribution < -0.4 is 5.32 Å². The molecule has 0 bridgehead atoms. The zero-order chi connectivity index (χ0) is 10.2. The van der Waals surface area contributed by atoms with E-state index in [4.69, 9.17) is 0 Å². The molecule has 2 aliphatic carbocycles. The molecule has 3 heteroatoms. The molecule has 0 amide bonds. The van der Waals surface area contributed by atoms with Crippen molar-refractivity contribution in [3.8, 4) is 0 Å². The van der Waals surface area contributed by atoms with Gasteiger partial charge < -0.3 is 5.32 Å². The molecule has 0 saturated heterocycles. The quantitative estimate of drug-likeness (QED) is 0.727. The summed E-state index contributed by atoms with van der Waals surface area (Å²) in [6, 6.07) is 0.593. The smallest absolute Gasteiger partial charge is 0.251 e. The summed E-state index contributed by atoms with van der Waals surface area (Å²) in [7, 11) is 0. The number of halogens is 2. The average Bonchev–Trinajstić information content (AvgIpc) is 2.06. The van der Waals surface area contributed by atoms with Gasteiger partial charge in [0.1, 0.15) is 0 Å². The van der Waals surface area contributed by atoms with Crippen molar-refractivity contribution in [1.82, 2.24) is 5.32 Å². The van der Waals surface area contributed by atoms with Gasteiger partial charge in [-0.15, -0.1) is 0 Å². The maximum absolute atomic E-state index is 12.6. The van der Waals surface area contributed by atoms with Crippen molar-refractivity contribution in [3.05, 3.63) is 0 Å². The average molecular weight is 203 g/mol. The molecule has 0 unspecified atom stereocenters. The number of rotatable bonds is 2. The van der Waals surface area contributed by atoms with Crippen molar-refractivity contribution in [2.75, 3.05) is 0 Å². The lowest BCUT2D eigenvalue weighted by Gasteiger charge is -2.39. The summed E-state index contributed by atoms with van der Waals surface area (Å²) in [5.41, 5.74) is 0. The number of hydrogen-bond donors (Lipinski definition) is 1. The number of nitrogens with one attached hydrogen (secondary N) is 1. The lowest BCUT2D eigenvalue weighted by Crippen LogP contribution is -2.52. The fourth-order valence-corrected chi connectivity index (χ4v) is 2.54. The Balaban J connectivity index is 1.67. The Labute approximate surface area is 84.3 Å². The first kappa shape index (κ1) is 10.3. The highest BCUT2D eigenvalue weighted by molar-refractivity contribution is 4.93. The minimum absolute atomic E-state index is 0.0546. The molecule has 0 atom stereocenters. The molecule has 1 N–H and O–H groups in total. The van der Waals surface area contributed by atoms with Gasteiger partial charge in [-0.25, -0.2) is 8.78 Å². The molecular weight excluding hydrogens is 184 g/mol. The summed E-state index contributed by atoms with van der Waals surface area (Å²) in [5.74, 6) is -1.55. The second-order valence-electron chi connectivity index (χ2n) is 5.08. The van der Waals surface area contributed by atoms with Crippen LogP contribution in [0.15, 0.2) is 0 Å². The standard InChI is InChI=1S/C11H19F2N/c1-8-2-4-9(5-3-8)14-10-6-11(12,13)7-10/h8-10,14H,2-7H2,1H3. The molecule has 2 rings (SSSR count). The fourth-order valence-electron chi connectivity index (χ4n) is 2.54. The highest BCUT2D eigenvalue weighted by Crippen LogP contribution is 2.38. The zero-order valence-electron chi connectivity index (χ0n) is 8.73. The minimum atomic E-state index is -2.38. The first-order valence-electron chi connectivity index (χ1n) is 5.69. The lowest BCUT2D eigenvalue weighted by atomic mass is 9.83. The molecule has 2 aliphatic rings. The van der Waals surface area contributed by atoms with Crippen LogP contribution in [0.3, 0.4) is 0 Å². The third-order valence-corrected chi connectivity index (χ3v) is 3.58. The molecule has 1 nitrogen and oxygen atoms in total. The SMILES string of the molecule is CC1CCC(NC2CC(F)(F)C2)CC1. The Kier molecular flexibility index (Phi) is 2.78. The van der Waals surface area contributed by atoms with Gasteiger partial charge in [0.2, 0.25) is 0 Å². The van der Waals surface area contributed by atoms with Crippen LogP contribution in [0.1, 0.15) is 45.4 Å². The molecule has 14 heavy (non-hydrogen) atoms. The molecule has 0 spiro atoms. The summed E-state index contributed by atoms with van der Waals surface area (Å²) in [6.07, 6.45) is 4.95. The Bertz CT molecular complexity index is 189. The van der Waals surface area contributed by atoms with Gasteiger partial charge in [-0.3, -0.25) is 0 Å². The van der Waals surface area contributed by atoms with Gasteiger partial charge >= 0.3 is 0 Å². The van der Waals surface area contributed by atoms with E-state index in [0.29, 0.717) is 6.04 Å². The summed E-state index contributed by atoms with van der Waals surface area (Å²) < 4.78 is 25.1. The molecule has 0 aromatic heterocycles. The van der Waals surface area contributed by atoms with Crippen molar-refractivity contribution in [1.29, 1.82) is 0 Å². The Morgan fingerprint density at radius 3 is 2.07 bits per heavy atom. The predicted molar refractivity (Wildman–Crippen MR) is 52.5 cm³/mol. The largest absolute Gasteiger partial charge is 0.311 e. The highest BCUT2D eigenvalue weighted by atomic mass is 19.3. The van der Waals surface area contributed by atoms with Crippen LogP contribution in [0.5, 0.6) is 0 Å². The van der Waals surface area contributed by atoms with Gasteiger partial charge in [-0.1, -0.05) is 6.92 Å². The summed E-state index contributed by atoms with van der Waals surface area (Å²) >= 11 is 0. The molecule has 82 valence electrons. The van der Waals surface area contributed by atoms with Crippen LogP contribution in [-0.4, -0.2) is 18.0 Å². The van der Waals surface area contributed by atoms with E-state index in [1.165, 1.54) is 25.7 Å². The van der Waals surface area contributed by atoms with E-state index in [0.717, 1.165) is 5.92 Å². The van der Waals surface area contributed by atoms with Crippen LogP contribution in [-0.2, 0) is 0 Å². The summed E-state index contributed by atoms with van der Waals surface area (Å²) in [6.45, 7) is 2.27. The third-order valence-electron chi connectivity index (χ3n) is 3.58. The summed E-state index contributed by atoms with van der Waals surface area (Å²) in [5, 5.41) is 3.35. The molecular formula is C11H19F2N. The second-order valence-corrected chi connectivity index (χ2v) is 5.08. The van der Waals surface area contributed by atoms with Crippen LogP contribution in [0.2, 0.25) is 0 Å². The van der Waals surface area contributed by atoms with Gasteiger partial charge in [0.15, 0.2) is 0 Å². The van der Waals surface area contributed by atoms with Crippen LogP contribution in [0, 0.1) is 5.92 Å². The van der Waals surface area contributed by atoms with Crippen LogP contribution in [0.25, 0.3) is 0 Å². The van der Waals surface area contributed by atoms with Gasteiger partial charge in [-0.2, -0.15) is 0 Å². The van der Waals surface area contributed by atoms with Crippen LogP contribution in [0.4, 0.5) is 8.78 Å².